The van der Waals surface area contributed by atoms with Gasteiger partial charge in [-0.1, -0.05) is 67.6 Å². The quantitative estimate of drug-likeness (QED) is 0.0924. The molecule has 0 aliphatic carbocycles. The molecule has 2 heterocycles. The third kappa shape index (κ3) is 8.13. The second kappa shape index (κ2) is 15.7. The Morgan fingerprint density at radius 3 is 2.46 bits per heavy atom. The van der Waals surface area contributed by atoms with E-state index in [0.717, 1.165) is 40.9 Å². The average molecular weight is 675 g/mol. The summed E-state index contributed by atoms with van der Waals surface area (Å²) in [6.07, 6.45) is 0.941. The number of amides is 3. The van der Waals surface area contributed by atoms with E-state index in [0.29, 0.717) is 42.7 Å². The molecular weight excluding hydrogens is 632 g/mol. The van der Waals surface area contributed by atoms with Crippen molar-refractivity contribution in [1.29, 1.82) is 0 Å². The molecule has 6 rings (SSSR count). The number of aromatic hydroxyl groups is 1. The Bertz CT molecular complexity index is 2020. The number of rotatable bonds is 11. The Morgan fingerprint density at radius 2 is 1.68 bits per heavy atom. The first-order valence-electron chi connectivity index (χ1n) is 16.9. The van der Waals surface area contributed by atoms with E-state index in [-0.39, 0.29) is 41.4 Å². The van der Waals surface area contributed by atoms with Crippen LogP contribution in [0, 0.1) is 0 Å². The fourth-order valence-electron chi connectivity index (χ4n) is 6.41. The number of para-hydroxylation sites is 1. The molecule has 1 aromatic heterocycles. The summed E-state index contributed by atoms with van der Waals surface area (Å²) in [6.45, 7) is 3.88. The van der Waals surface area contributed by atoms with Crippen LogP contribution in [0.15, 0.2) is 102 Å². The summed E-state index contributed by atoms with van der Waals surface area (Å²) in [6, 6.07) is 29.4. The van der Waals surface area contributed by atoms with Gasteiger partial charge in [-0.15, -0.1) is 0 Å². The number of aromatic amines is 1. The predicted molar refractivity (Wildman–Crippen MR) is 198 cm³/mol. The number of H-pyrrole nitrogens is 1. The van der Waals surface area contributed by atoms with Crippen molar-refractivity contribution in [2.24, 2.45) is 0 Å². The monoisotopic (exact) mass is 674 g/mol. The topological polar surface area (TPSA) is 159 Å². The number of piperidine rings is 1. The van der Waals surface area contributed by atoms with Gasteiger partial charge in [0.15, 0.2) is 0 Å². The van der Waals surface area contributed by atoms with Crippen molar-refractivity contribution >= 4 is 39.9 Å². The first-order chi connectivity index (χ1) is 24.3. The first kappa shape index (κ1) is 34.2. The molecule has 50 heavy (non-hydrogen) atoms. The molecule has 5 aromatic rings. The van der Waals surface area contributed by atoms with Crippen LogP contribution in [0.4, 0.5) is 21.9 Å². The van der Waals surface area contributed by atoms with Crippen molar-refractivity contribution in [2.45, 2.75) is 44.9 Å². The van der Waals surface area contributed by atoms with Gasteiger partial charge in [0.1, 0.15) is 5.75 Å². The SMILES string of the molecule is CCC(=O)Nc1ccc(CNC[C@H](O)c2ccc(O)c3[nH]c(=O)ccc23)c(N2CCC(NC(=O)Nc3ccccc3-c3ccccc3)CC2)c1. The average Bonchev–Trinajstić information content (AvgIpc) is 3.13. The van der Waals surface area contributed by atoms with Crippen LogP contribution < -0.4 is 31.7 Å². The molecule has 258 valence electrons. The summed E-state index contributed by atoms with van der Waals surface area (Å²) in [5.74, 6) is -0.135. The largest absolute Gasteiger partial charge is 0.506 e. The zero-order valence-electron chi connectivity index (χ0n) is 27.9. The van der Waals surface area contributed by atoms with Crippen molar-refractivity contribution < 1.29 is 19.8 Å². The molecule has 1 fully saturated rings. The normalized spacial score (nSPS) is 13.9. The number of anilines is 3. The molecule has 0 unspecified atom stereocenters. The van der Waals surface area contributed by atoms with E-state index in [1.165, 1.54) is 12.1 Å². The van der Waals surface area contributed by atoms with Gasteiger partial charge in [-0.05, 0) is 59.9 Å². The molecule has 11 nitrogen and oxygen atoms in total. The molecular formula is C39H42N6O5. The van der Waals surface area contributed by atoms with Gasteiger partial charge in [-0.2, -0.15) is 0 Å². The number of carbonyl (C=O) groups is 2. The van der Waals surface area contributed by atoms with Gasteiger partial charge in [0.25, 0.3) is 0 Å². The van der Waals surface area contributed by atoms with E-state index in [9.17, 15) is 24.6 Å². The fourth-order valence-corrected chi connectivity index (χ4v) is 6.41. The highest BCUT2D eigenvalue weighted by Gasteiger charge is 2.24. The second-order valence-corrected chi connectivity index (χ2v) is 12.4. The van der Waals surface area contributed by atoms with Crippen LogP contribution in [0.25, 0.3) is 22.0 Å². The lowest BCUT2D eigenvalue weighted by Gasteiger charge is -2.35. The van der Waals surface area contributed by atoms with Crippen molar-refractivity contribution in [3.63, 3.8) is 0 Å². The molecule has 0 saturated carbocycles. The van der Waals surface area contributed by atoms with Crippen molar-refractivity contribution in [1.82, 2.24) is 15.6 Å². The van der Waals surface area contributed by atoms with E-state index in [1.807, 2.05) is 79.7 Å². The summed E-state index contributed by atoms with van der Waals surface area (Å²) in [5, 5.41) is 34.4. The van der Waals surface area contributed by atoms with Gasteiger partial charge in [0.05, 0.1) is 17.3 Å². The van der Waals surface area contributed by atoms with Crippen molar-refractivity contribution in [3.05, 3.63) is 119 Å². The molecule has 0 radical (unpaired) electrons. The maximum absolute atomic E-state index is 13.1. The number of aliphatic hydroxyl groups is 1. The number of nitrogens with one attached hydrogen (secondary N) is 5. The number of urea groups is 1. The van der Waals surface area contributed by atoms with E-state index < -0.39 is 6.10 Å². The van der Waals surface area contributed by atoms with Gasteiger partial charge < -0.3 is 41.4 Å². The molecule has 3 amide bonds. The second-order valence-electron chi connectivity index (χ2n) is 12.4. The summed E-state index contributed by atoms with van der Waals surface area (Å²) in [5.41, 5.74) is 5.93. The number of carbonyl (C=O) groups excluding carboxylic acids is 2. The van der Waals surface area contributed by atoms with Crippen LogP contribution in [-0.2, 0) is 11.3 Å². The minimum atomic E-state index is -0.900. The predicted octanol–water partition coefficient (Wildman–Crippen LogP) is 5.86. The molecule has 0 spiro atoms. The highest BCUT2D eigenvalue weighted by molar-refractivity contribution is 5.95. The Labute approximate surface area is 290 Å². The molecule has 0 bridgehead atoms. The number of fused-ring (bicyclic) bond motifs is 1. The first-order valence-corrected chi connectivity index (χ1v) is 16.9. The maximum Gasteiger partial charge on any atom is 0.319 e. The number of aromatic nitrogens is 1. The van der Waals surface area contributed by atoms with Gasteiger partial charge in [0, 0.05) is 67.0 Å². The van der Waals surface area contributed by atoms with Gasteiger partial charge in [-0.3, -0.25) is 9.59 Å². The van der Waals surface area contributed by atoms with E-state index >= 15 is 0 Å². The molecule has 1 aliphatic rings. The summed E-state index contributed by atoms with van der Waals surface area (Å²) in [7, 11) is 0. The molecule has 11 heteroatoms. The third-order valence-electron chi connectivity index (χ3n) is 9.04. The number of hydrogen-bond acceptors (Lipinski definition) is 7. The lowest BCUT2D eigenvalue weighted by Crippen LogP contribution is -2.46. The van der Waals surface area contributed by atoms with Gasteiger partial charge >= 0.3 is 6.03 Å². The standard InChI is InChI=1S/C39H42N6O5/c1-2-36(48)41-28-13-12-26(23-40-24-35(47)30-14-16-34(46)38-31(30)15-17-37(49)44-38)33(22-28)45-20-18-27(19-21-45)42-39(50)43-32-11-7-6-10-29(32)25-8-4-3-5-9-25/h3-17,22,27,35,40,46-47H,2,18-21,23-24H2,1H3,(H,41,48)(H,44,49)(H2,42,43,50)/t35-/m0/s1. The zero-order chi connectivity index (χ0) is 35.0. The third-order valence-corrected chi connectivity index (χ3v) is 9.04. The van der Waals surface area contributed by atoms with Gasteiger partial charge in [0.2, 0.25) is 11.5 Å². The van der Waals surface area contributed by atoms with Gasteiger partial charge in [-0.25, -0.2) is 4.79 Å². The molecule has 7 N–H and O–H groups in total. The number of benzene rings is 4. The molecule has 4 aromatic carbocycles. The number of nitrogens with zero attached hydrogens (tertiary/aromatic N) is 1. The number of aliphatic hydroxyl groups excluding tert-OH is 1. The van der Waals surface area contributed by atoms with Crippen LogP contribution in [-0.4, -0.2) is 52.8 Å². The number of phenolic OH excluding ortho intramolecular Hbond substituents is 1. The molecule has 1 saturated heterocycles. The maximum atomic E-state index is 13.1. The Hall–Kier alpha value is -5.65. The number of hydrogen-bond donors (Lipinski definition) is 7. The minimum Gasteiger partial charge on any atom is -0.506 e. The number of pyridine rings is 1. The van der Waals surface area contributed by atoms with Crippen LogP contribution >= 0.6 is 0 Å². The van der Waals surface area contributed by atoms with Crippen molar-refractivity contribution in [2.75, 3.05) is 35.2 Å². The number of phenols is 1. The Morgan fingerprint density at radius 1 is 0.920 bits per heavy atom. The van der Waals surface area contributed by atoms with E-state index in [1.54, 1.807) is 12.1 Å². The summed E-state index contributed by atoms with van der Waals surface area (Å²) < 4.78 is 0. The Kier molecular flexibility index (Phi) is 10.8. The Balaban J connectivity index is 1.10. The van der Waals surface area contributed by atoms with Crippen LogP contribution in [0.5, 0.6) is 5.75 Å². The van der Waals surface area contributed by atoms with E-state index in [4.69, 9.17) is 0 Å². The van der Waals surface area contributed by atoms with E-state index in [2.05, 4.69) is 31.2 Å². The van der Waals surface area contributed by atoms with Crippen LogP contribution in [0.2, 0.25) is 0 Å². The fraction of sp³-hybridized carbons (Fsp3) is 0.256. The zero-order valence-corrected chi connectivity index (χ0v) is 27.9. The summed E-state index contributed by atoms with van der Waals surface area (Å²) >= 11 is 0. The highest BCUT2D eigenvalue weighted by atomic mass is 16.3. The van der Waals surface area contributed by atoms with Crippen LogP contribution in [0.1, 0.15) is 43.4 Å². The summed E-state index contributed by atoms with van der Waals surface area (Å²) in [4.78, 5) is 42.0. The minimum absolute atomic E-state index is 0.00935. The lowest BCUT2D eigenvalue weighted by molar-refractivity contribution is -0.115. The smallest absolute Gasteiger partial charge is 0.319 e. The molecule has 1 atom stereocenters. The highest BCUT2D eigenvalue weighted by Crippen LogP contribution is 2.31. The van der Waals surface area contributed by atoms with Crippen LogP contribution in [0.3, 0.4) is 0 Å². The molecule has 1 aliphatic heterocycles. The lowest BCUT2D eigenvalue weighted by atomic mass is 10.0. The van der Waals surface area contributed by atoms with Crippen molar-refractivity contribution in [3.8, 4) is 16.9 Å².